The topological polar surface area (TPSA) is 122 Å². The Morgan fingerprint density at radius 3 is 2.19 bits per heavy atom. The zero-order valence-electron chi connectivity index (χ0n) is 22.5. The van der Waals surface area contributed by atoms with E-state index in [4.69, 9.17) is 4.74 Å². The normalized spacial score (nSPS) is 12.4. The number of sulfonamides is 1. The standard InChI is InChI=1S/C26H37N3O6S2/c1-8-27-26(32)37(33,34)28-24-22(14-21(36-24)13-16(2)3)20-11-9-19(10-12-20)15-29(18(6)30)23(17(4)5)25(31)35-7/h9-12,14,16-17,23,28H,8,13,15H2,1-7H3,(H,27,32). The number of nitrogens with one attached hydrogen (secondary N) is 2. The van der Waals surface area contributed by atoms with Gasteiger partial charge in [0, 0.05) is 30.5 Å². The summed E-state index contributed by atoms with van der Waals surface area (Å²) >= 11 is 1.30. The van der Waals surface area contributed by atoms with E-state index in [1.165, 1.54) is 30.3 Å². The van der Waals surface area contributed by atoms with Gasteiger partial charge in [0.15, 0.2) is 0 Å². The third kappa shape index (κ3) is 8.03. The molecular formula is C26H37N3O6S2. The summed E-state index contributed by atoms with van der Waals surface area (Å²) in [7, 11) is -2.96. The summed E-state index contributed by atoms with van der Waals surface area (Å²) in [4.78, 5) is 39.3. The molecule has 0 fully saturated rings. The molecule has 1 aromatic heterocycles. The van der Waals surface area contributed by atoms with Crippen LogP contribution in [0.3, 0.4) is 0 Å². The van der Waals surface area contributed by atoms with Crippen molar-refractivity contribution in [2.24, 2.45) is 11.8 Å². The molecule has 11 heteroatoms. The van der Waals surface area contributed by atoms with Crippen molar-refractivity contribution in [3.05, 3.63) is 40.8 Å². The second-order valence-electron chi connectivity index (χ2n) is 9.53. The van der Waals surface area contributed by atoms with Gasteiger partial charge in [0.2, 0.25) is 5.91 Å². The number of hydrogen-bond donors (Lipinski definition) is 2. The van der Waals surface area contributed by atoms with Gasteiger partial charge >= 0.3 is 21.2 Å². The first-order valence-corrected chi connectivity index (χ1v) is 14.5. The maximum Gasteiger partial charge on any atom is 0.357 e. The first-order chi connectivity index (χ1) is 17.3. The lowest BCUT2D eigenvalue weighted by Crippen LogP contribution is -2.47. The van der Waals surface area contributed by atoms with Gasteiger partial charge in [-0.25, -0.2) is 4.79 Å². The van der Waals surface area contributed by atoms with Crippen LogP contribution in [0.15, 0.2) is 30.3 Å². The predicted octanol–water partition coefficient (Wildman–Crippen LogP) is 4.63. The van der Waals surface area contributed by atoms with E-state index in [2.05, 4.69) is 23.9 Å². The Balaban J connectivity index is 2.41. The minimum atomic E-state index is -4.26. The maximum atomic E-state index is 12.6. The van der Waals surface area contributed by atoms with Crippen LogP contribution in [0.4, 0.5) is 9.80 Å². The first kappa shape index (κ1) is 30.3. The molecule has 2 rings (SSSR count). The lowest BCUT2D eigenvalue weighted by Gasteiger charge is -2.31. The number of benzene rings is 1. The van der Waals surface area contributed by atoms with E-state index in [-0.39, 0.29) is 24.9 Å². The summed E-state index contributed by atoms with van der Waals surface area (Å²) in [6.07, 6.45) is 0.760. The molecule has 37 heavy (non-hydrogen) atoms. The van der Waals surface area contributed by atoms with Crippen LogP contribution in [0.25, 0.3) is 11.1 Å². The molecule has 0 aliphatic heterocycles. The molecule has 2 N–H and O–H groups in total. The van der Waals surface area contributed by atoms with Gasteiger partial charge in [-0.3, -0.25) is 14.3 Å². The van der Waals surface area contributed by atoms with Gasteiger partial charge in [-0.05, 0) is 42.4 Å². The molecule has 0 saturated heterocycles. The fraction of sp³-hybridized carbons (Fsp3) is 0.500. The van der Waals surface area contributed by atoms with Crippen molar-refractivity contribution in [1.82, 2.24) is 10.2 Å². The molecular weight excluding hydrogens is 514 g/mol. The summed E-state index contributed by atoms with van der Waals surface area (Å²) < 4.78 is 32.5. The van der Waals surface area contributed by atoms with E-state index in [0.717, 1.165) is 22.4 Å². The highest BCUT2D eigenvalue weighted by molar-refractivity contribution is 8.07. The van der Waals surface area contributed by atoms with Crippen molar-refractivity contribution < 1.29 is 27.5 Å². The zero-order chi connectivity index (χ0) is 27.9. The molecule has 0 spiro atoms. The number of amides is 2. The average molecular weight is 552 g/mol. The third-order valence-corrected chi connectivity index (χ3v) is 7.92. The Morgan fingerprint density at radius 2 is 1.70 bits per heavy atom. The van der Waals surface area contributed by atoms with Crippen molar-refractivity contribution >= 4 is 43.5 Å². The van der Waals surface area contributed by atoms with Crippen LogP contribution in [0, 0.1) is 11.8 Å². The van der Waals surface area contributed by atoms with Gasteiger partial charge in [-0.2, -0.15) is 8.42 Å². The number of nitrogens with zero attached hydrogens (tertiary/aromatic N) is 1. The highest BCUT2D eigenvalue weighted by Gasteiger charge is 2.32. The summed E-state index contributed by atoms with van der Waals surface area (Å²) in [5, 5.41) is 1.61. The Hall–Kier alpha value is -2.92. The van der Waals surface area contributed by atoms with Crippen molar-refractivity contribution in [2.45, 2.75) is 60.5 Å². The third-order valence-electron chi connectivity index (χ3n) is 5.62. The number of carbonyl (C=O) groups is 3. The molecule has 0 bridgehead atoms. The summed E-state index contributed by atoms with van der Waals surface area (Å²) in [5.41, 5.74) is 2.22. The molecule has 1 unspecified atom stereocenters. The first-order valence-electron chi connectivity index (χ1n) is 12.2. The molecule has 1 atom stereocenters. The Kier molecular flexibility index (Phi) is 10.7. The number of ether oxygens (including phenoxy) is 1. The quantitative estimate of drug-likeness (QED) is 0.393. The molecule has 1 heterocycles. The summed E-state index contributed by atoms with van der Waals surface area (Å²) in [6.45, 7) is 11.3. The number of esters is 1. The zero-order valence-corrected chi connectivity index (χ0v) is 24.1. The fourth-order valence-electron chi connectivity index (χ4n) is 3.92. The number of carbonyl (C=O) groups excluding carboxylic acids is 3. The van der Waals surface area contributed by atoms with E-state index < -0.39 is 27.3 Å². The Bertz CT molecular complexity index is 1200. The Labute approximate surface area is 223 Å². The van der Waals surface area contributed by atoms with E-state index in [1.807, 2.05) is 44.2 Å². The van der Waals surface area contributed by atoms with Crippen LogP contribution < -0.4 is 10.0 Å². The van der Waals surface area contributed by atoms with Crippen LogP contribution in [-0.4, -0.2) is 50.1 Å². The molecule has 0 aliphatic rings. The van der Waals surface area contributed by atoms with E-state index in [9.17, 15) is 22.8 Å². The lowest BCUT2D eigenvalue weighted by molar-refractivity contribution is -0.154. The molecule has 9 nitrogen and oxygen atoms in total. The summed E-state index contributed by atoms with van der Waals surface area (Å²) in [6, 6.07) is 8.56. The van der Waals surface area contributed by atoms with Gasteiger partial charge < -0.3 is 15.0 Å². The molecule has 204 valence electrons. The largest absolute Gasteiger partial charge is 0.467 e. The molecule has 0 saturated carbocycles. The van der Waals surface area contributed by atoms with Crippen molar-refractivity contribution in [2.75, 3.05) is 18.4 Å². The van der Waals surface area contributed by atoms with E-state index in [0.29, 0.717) is 16.5 Å². The summed E-state index contributed by atoms with van der Waals surface area (Å²) in [5.74, 6) is -0.488. The molecule has 2 aromatic rings. The van der Waals surface area contributed by atoms with Crippen LogP contribution in [0.1, 0.15) is 52.0 Å². The van der Waals surface area contributed by atoms with Gasteiger partial charge in [-0.15, -0.1) is 11.3 Å². The molecule has 1 aromatic carbocycles. The molecule has 0 radical (unpaired) electrons. The highest BCUT2D eigenvalue weighted by Crippen LogP contribution is 2.38. The fourth-order valence-corrected chi connectivity index (χ4v) is 6.33. The average Bonchev–Trinajstić information content (AvgIpc) is 3.19. The smallest absolute Gasteiger partial charge is 0.357 e. The van der Waals surface area contributed by atoms with Crippen LogP contribution in [0.2, 0.25) is 0 Å². The monoisotopic (exact) mass is 551 g/mol. The van der Waals surface area contributed by atoms with Crippen molar-refractivity contribution in [3.63, 3.8) is 0 Å². The van der Waals surface area contributed by atoms with Crippen LogP contribution in [-0.2, 0) is 37.3 Å². The van der Waals surface area contributed by atoms with Gasteiger partial charge in [0.05, 0.1) is 7.11 Å². The number of rotatable bonds is 11. The van der Waals surface area contributed by atoms with Gasteiger partial charge in [0.25, 0.3) is 0 Å². The highest BCUT2D eigenvalue weighted by atomic mass is 32.2. The van der Waals surface area contributed by atoms with Crippen molar-refractivity contribution in [1.29, 1.82) is 0 Å². The van der Waals surface area contributed by atoms with Crippen molar-refractivity contribution in [3.8, 4) is 11.1 Å². The van der Waals surface area contributed by atoms with Gasteiger partial charge in [0.1, 0.15) is 11.0 Å². The van der Waals surface area contributed by atoms with Gasteiger partial charge in [-0.1, -0.05) is 52.0 Å². The Morgan fingerprint density at radius 1 is 1.08 bits per heavy atom. The minimum Gasteiger partial charge on any atom is -0.467 e. The van der Waals surface area contributed by atoms with Crippen LogP contribution >= 0.6 is 11.3 Å². The molecule has 2 amide bonds. The van der Waals surface area contributed by atoms with E-state index >= 15 is 0 Å². The van der Waals surface area contributed by atoms with E-state index in [1.54, 1.807) is 6.92 Å². The maximum absolute atomic E-state index is 12.6. The second kappa shape index (κ2) is 13.0. The van der Waals surface area contributed by atoms with Crippen LogP contribution in [0.5, 0.6) is 0 Å². The lowest BCUT2D eigenvalue weighted by atomic mass is 10.0. The molecule has 0 aliphatic carbocycles. The SMILES string of the molecule is CCNC(=O)S(=O)(=O)Nc1sc(CC(C)C)cc1-c1ccc(CN(C(C)=O)C(C(=O)OC)C(C)C)cc1. The number of anilines is 1. The predicted molar refractivity (Wildman–Crippen MR) is 147 cm³/mol. The second-order valence-corrected chi connectivity index (χ2v) is 12.3. The minimum absolute atomic E-state index is 0.138. The number of thiophene rings is 1. The number of methoxy groups -OCH3 is 1. The number of hydrogen-bond acceptors (Lipinski definition) is 7.